The first-order valence-corrected chi connectivity index (χ1v) is 5.55. The second kappa shape index (κ2) is 6.40. The molecular formula is C12H20N2O. The Hall–Kier alpha value is -1.09. The summed E-state index contributed by atoms with van der Waals surface area (Å²) in [6, 6.07) is 5.92. The van der Waals surface area contributed by atoms with Gasteiger partial charge in [-0.25, -0.2) is 4.98 Å². The van der Waals surface area contributed by atoms with Crippen molar-refractivity contribution in [2.24, 2.45) is 5.73 Å². The zero-order valence-electron chi connectivity index (χ0n) is 9.57. The van der Waals surface area contributed by atoms with E-state index in [2.05, 4.69) is 4.98 Å². The number of aryl methyl sites for hydroxylation is 1. The van der Waals surface area contributed by atoms with Crippen LogP contribution in [0.15, 0.2) is 18.2 Å². The maximum absolute atomic E-state index is 5.53. The van der Waals surface area contributed by atoms with Crippen molar-refractivity contribution < 1.29 is 4.74 Å². The van der Waals surface area contributed by atoms with Crippen LogP contribution in [0, 0.1) is 0 Å². The Morgan fingerprint density at radius 3 is 2.80 bits per heavy atom. The second-order valence-corrected chi connectivity index (χ2v) is 3.88. The molecule has 0 aromatic carbocycles. The molecule has 1 heterocycles. The molecule has 1 rings (SSSR count). The Kier molecular flexibility index (Phi) is 5.12. The lowest BCUT2D eigenvalue weighted by molar-refractivity contribution is 0.232. The molecule has 3 nitrogen and oxygen atoms in total. The predicted molar refractivity (Wildman–Crippen MR) is 62.0 cm³/mol. The second-order valence-electron chi connectivity index (χ2n) is 3.88. The SMILES string of the molecule is CC(C)Oc1cccc(CCCCN)n1. The number of pyridine rings is 1. The van der Waals surface area contributed by atoms with Crippen LogP contribution in [0.1, 0.15) is 32.4 Å². The number of hydrogen-bond donors (Lipinski definition) is 1. The van der Waals surface area contributed by atoms with E-state index >= 15 is 0 Å². The molecule has 0 aliphatic heterocycles. The van der Waals surface area contributed by atoms with Crippen molar-refractivity contribution in [1.82, 2.24) is 4.98 Å². The van der Waals surface area contributed by atoms with Crippen LogP contribution in [0.25, 0.3) is 0 Å². The van der Waals surface area contributed by atoms with E-state index in [1.165, 1.54) is 0 Å². The van der Waals surface area contributed by atoms with Gasteiger partial charge < -0.3 is 10.5 Å². The quantitative estimate of drug-likeness (QED) is 0.729. The summed E-state index contributed by atoms with van der Waals surface area (Å²) in [5.41, 5.74) is 6.53. The molecule has 0 atom stereocenters. The van der Waals surface area contributed by atoms with Gasteiger partial charge >= 0.3 is 0 Å². The monoisotopic (exact) mass is 208 g/mol. The van der Waals surface area contributed by atoms with Gasteiger partial charge in [-0.05, 0) is 45.7 Å². The molecule has 0 saturated heterocycles. The van der Waals surface area contributed by atoms with E-state index in [-0.39, 0.29) is 6.10 Å². The number of hydrogen-bond acceptors (Lipinski definition) is 3. The largest absolute Gasteiger partial charge is 0.475 e. The molecule has 0 bridgehead atoms. The lowest BCUT2D eigenvalue weighted by atomic mass is 10.2. The van der Waals surface area contributed by atoms with Crippen LogP contribution in [-0.4, -0.2) is 17.6 Å². The fraction of sp³-hybridized carbons (Fsp3) is 0.583. The number of nitrogens with two attached hydrogens (primary N) is 1. The fourth-order valence-corrected chi connectivity index (χ4v) is 1.35. The van der Waals surface area contributed by atoms with Gasteiger partial charge in [-0.2, -0.15) is 0 Å². The minimum Gasteiger partial charge on any atom is -0.475 e. The molecule has 0 radical (unpaired) electrons. The number of aromatic nitrogens is 1. The van der Waals surface area contributed by atoms with E-state index in [1.54, 1.807) is 0 Å². The Morgan fingerprint density at radius 1 is 1.33 bits per heavy atom. The Bertz CT molecular complexity index is 287. The van der Waals surface area contributed by atoms with E-state index < -0.39 is 0 Å². The number of unbranched alkanes of at least 4 members (excludes halogenated alkanes) is 1. The molecular weight excluding hydrogens is 188 g/mol. The van der Waals surface area contributed by atoms with Gasteiger partial charge in [-0.15, -0.1) is 0 Å². The highest BCUT2D eigenvalue weighted by Crippen LogP contribution is 2.11. The maximum Gasteiger partial charge on any atom is 0.213 e. The van der Waals surface area contributed by atoms with Crippen LogP contribution in [0.5, 0.6) is 5.88 Å². The third-order valence-corrected chi connectivity index (χ3v) is 2.02. The zero-order valence-corrected chi connectivity index (χ0v) is 9.57. The summed E-state index contributed by atoms with van der Waals surface area (Å²) in [5.74, 6) is 0.718. The average Bonchev–Trinajstić information content (AvgIpc) is 2.18. The molecule has 0 fully saturated rings. The first-order chi connectivity index (χ1) is 7.22. The molecule has 0 spiro atoms. The molecule has 15 heavy (non-hydrogen) atoms. The molecule has 0 amide bonds. The molecule has 84 valence electrons. The Labute approximate surface area is 91.7 Å². The minimum absolute atomic E-state index is 0.178. The molecule has 0 aliphatic carbocycles. The van der Waals surface area contributed by atoms with Crippen LogP contribution >= 0.6 is 0 Å². The van der Waals surface area contributed by atoms with Gasteiger partial charge in [0.2, 0.25) is 5.88 Å². The van der Waals surface area contributed by atoms with E-state index in [0.717, 1.165) is 37.4 Å². The standard InChI is InChI=1S/C12H20N2O/c1-10(2)15-12-8-5-7-11(14-12)6-3-4-9-13/h5,7-8,10H,3-4,6,9,13H2,1-2H3. The van der Waals surface area contributed by atoms with Gasteiger partial charge in [0, 0.05) is 11.8 Å². The van der Waals surface area contributed by atoms with E-state index in [0.29, 0.717) is 0 Å². The van der Waals surface area contributed by atoms with Gasteiger partial charge in [0.1, 0.15) is 0 Å². The third kappa shape index (κ3) is 4.79. The molecule has 2 N–H and O–H groups in total. The summed E-state index contributed by atoms with van der Waals surface area (Å²) in [6.45, 7) is 4.76. The van der Waals surface area contributed by atoms with Gasteiger partial charge in [0.25, 0.3) is 0 Å². The Balaban J connectivity index is 2.50. The van der Waals surface area contributed by atoms with Crippen LogP contribution in [0.4, 0.5) is 0 Å². The molecule has 0 unspecified atom stereocenters. The number of nitrogens with zero attached hydrogens (tertiary/aromatic N) is 1. The number of rotatable bonds is 6. The fourth-order valence-electron chi connectivity index (χ4n) is 1.35. The Morgan fingerprint density at radius 2 is 2.13 bits per heavy atom. The van der Waals surface area contributed by atoms with Crippen molar-refractivity contribution >= 4 is 0 Å². The maximum atomic E-state index is 5.53. The lowest BCUT2D eigenvalue weighted by Crippen LogP contribution is -2.07. The topological polar surface area (TPSA) is 48.1 Å². The van der Waals surface area contributed by atoms with Crippen molar-refractivity contribution in [3.05, 3.63) is 23.9 Å². The predicted octanol–water partition coefficient (Wildman–Crippen LogP) is 2.15. The van der Waals surface area contributed by atoms with Gasteiger partial charge in [-0.1, -0.05) is 6.07 Å². The van der Waals surface area contributed by atoms with Crippen LogP contribution in [0.2, 0.25) is 0 Å². The highest BCUT2D eigenvalue weighted by molar-refractivity contribution is 5.16. The third-order valence-electron chi connectivity index (χ3n) is 2.02. The minimum atomic E-state index is 0.178. The van der Waals surface area contributed by atoms with Crippen molar-refractivity contribution in [2.75, 3.05) is 6.54 Å². The zero-order chi connectivity index (χ0) is 11.1. The van der Waals surface area contributed by atoms with E-state index in [9.17, 15) is 0 Å². The van der Waals surface area contributed by atoms with Gasteiger partial charge in [0.05, 0.1) is 6.10 Å². The highest BCUT2D eigenvalue weighted by Gasteiger charge is 2.00. The van der Waals surface area contributed by atoms with Gasteiger partial charge in [-0.3, -0.25) is 0 Å². The van der Waals surface area contributed by atoms with Crippen molar-refractivity contribution in [1.29, 1.82) is 0 Å². The molecule has 3 heteroatoms. The van der Waals surface area contributed by atoms with Crippen LogP contribution in [0.3, 0.4) is 0 Å². The molecule has 0 aliphatic rings. The summed E-state index contributed by atoms with van der Waals surface area (Å²) in [5, 5.41) is 0. The molecule has 0 saturated carbocycles. The summed E-state index contributed by atoms with van der Waals surface area (Å²) in [4.78, 5) is 4.42. The first kappa shape index (κ1) is 12.0. The lowest BCUT2D eigenvalue weighted by Gasteiger charge is -2.09. The smallest absolute Gasteiger partial charge is 0.213 e. The van der Waals surface area contributed by atoms with Crippen molar-refractivity contribution in [3.8, 4) is 5.88 Å². The number of ether oxygens (including phenoxy) is 1. The summed E-state index contributed by atoms with van der Waals surface area (Å²) >= 11 is 0. The first-order valence-electron chi connectivity index (χ1n) is 5.55. The highest BCUT2D eigenvalue weighted by atomic mass is 16.5. The molecule has 1 aromatic heterocycles. The summed E-state index contributed by atoms with van der Waals surface area (Å²) < 4.78 is 5.53. The van der Waals surface area contributed by atoms with Crippen LogP contribution < -0.4 is 10.5 Å². The summed E-state index contributed by atoms with van der Waals surface area (Å²) in [7, 11) is 0. The van der Waals surface area contributed by atoms with E-state index in [4.69, 9.17) is 10.5 Å². The van der Waals surface area contributed by atoms with E-state index in [1.807, 2.05) is 32.0 Å². The summed E-state index contributed by atoms with van der Waals surface area (Å²) in [6.07, 6.45) is 3.30. The normalized spacial score (nSPS) is 10.7. The van der Waals surface area contributed by atoms with Crippen molar-refractivity contribution in [3.63, 3.8) is 0 Å². The van der Waals surface area contributed by atoms with Crippen LogP contribution in [-0.2, 0) is 6.42 Å². The van der Waals surface area contributed by atoms with Crippen molar-refractivity contribution in [2.45, 2.75) is 39.2 Å². The van der Waals surface area contributed by atoms with Gasteiger partial charge in [0.15, 0.2) is 0 Å². The average molecular weight is 208 g/mol. The molecule has 1 aromatic rings.